The van der Waals surface area contributed by atoms with Gasteiger partial charge in [0.1, 0.15) is 17.7 Å². The van der Waals surface area contributed by atoms with E-state index in [1.165, 1.54) is 6.33 Å². The van der Waals surface area contributed by atoms with Gasteiger partial charge in [-0.05, 0) is 18.6 Å². The molecule has 0 radical (unpaired) electrons. The smallest absolute Gasteiger partial charge is 0.218 e. The van der Waals surface area contributed by atoms with Crippen LogP contribution in [0.5, 0.6) is 11.8 Å². The lowest BCUT2D eigenvalue weighted by Gasteiger charge is -2.10. The highest BCUT2D eigenvalue weighted by Crippen LogP contribution is 2.33. The second-order valence-electron chi connectivity index (χ2n) is 7.24. The first-order chi connectivity index (χ1) is 16.1. The van der Waals surface area contributed by atoms with Gasteiger partial charge in [-0.2, -0.15) is 0 Å². The lowest BCUT2D eigenvalue weighted by atomic mass is 10.1. The van der Waals surface area contributed by atoms with Gasteiger partial charge < -0.3 is 19.4 Å². The third kappa shape index (κ3) is 3.69. The summed E-state index contributed by atoms with van der Waals surface area (Å²) in [4.78, 5) is 22.1. The Bertz CT molecular complexity index is 1460. The second kappa shape index (κ2) is 8.19. The highest BCUT2D eigenvalue weighted by Gasteiger charge is 2.19. The number of fused-ring (bicyclic) bond motifs is 1. The Morgan fingerprint density at radius 3 is 2.61 bits per heavy atom. The Labute approximate surface area is 189 Å². The summed E-state index contributed by atoms with van der Waals surface area (Å²) in [5.74, 6) is 3.17. The molecule has 0 saturated heterocycles. The van der Waals surface area contributed by atoms with Crippen molar-refractivity contribution in [3.8, 4) is 34.7 Å². The Kier molecular flexibility index (Phi) is 5.05. The molecule has 11 heteroatoms. The van der Waals surface area contributed by atoms with E-state index in [0.717, 1.165) is 22.3 Å². The van der Waals surface area contributed by atoms with E-state index in [4.69, 9.17) is 19.6 Å². The van der Waals surface area contributed by atoms with Crippen LogP contribution in [0.2, 0.25) is 0 Å². The Morgan fingerprint density at radius 2 is 1.85 bits per heavy atom. The van der Waals surface area contributed by atoms with Crippen LogP contribution >= 0.6 is 0 Å². The van der Waals surface area contributed by atoms with Crippen LogP contribution in [0.15, 0.2) is 49.2 Å². The number of ether oxygens (including phenoxy) is 2. The lowest BCUT2D eigenvalue weighted by Crippen LogP contribution is -2.07. The first kappa shape index (κ1) is 20.4. The highest BCUT2D eigenvalue weighted by molar-refractivity contribution is 5.84. The predicted molar refractivity (Wildman–Crippen MR) is 122 cm³/mol. The van der Waals surface area contributed by atoms with Crippen LogP contribution in [-0.2, 0) is 7.05 Å². The van der Waals surface area contributed by atoms with E-state index in [0.29, 0.717) is 35.0 Å². The van der Waals surface area contributed by atoms with Gasteiger partial charge in [-0.25, -0.2) is 29.4 Å². The molecule has 0 unspecified atom stereocenters. The summed E-state index contributed by atoms with van der Waals surface area (Å²) in [5, 5.41) is 8.02. The van der Waals surface area contributed by atoms with Crippen LogP contribution in [-0.4, -0.2) is 53.3 Å². The lowest BCUT2D eigenvalue weighted by molar-refractivity contribution is 0.397. The van der Waals surface area contributed by atoms with E-state index in [1.54, 1.807) is 31.0 Å². The average molecular weight is 443 g/mol. The molecule has 166 valence electrons. The van der Waals surface area contributed by atoms with Crippen molar-refractivity contribution in [2.45, 2.75) is 6.92 Å². The monoisotopic (exact) mass is 443 g/mol. The highest BCUT2D eigenvalue weighted by atomic mass is 16.5. The Hall–Kier alpha value is -4.54. The molecule has 0 aliphatic rings. The number of hydrogen-bond acceptors (Lipinski definition) is 9. The molecule has 5 aromatic heterocycles. The van der Waals surface area contributed by atoms with Crippen LogP contribution in [0, 0.1) is 6.92 Å². The summed E-state index contributed by atoms with van der Waals surface area (Å²) in [6.45, 7) is 2.00. The first-order valence-electron chi connectivity index (χ1n) is 10.1. The molecule has 33 heavy (non-hydrogen) atoms. The number of methoxy groups -OCH3 is 2. The molecule has 1 N–H and O–H groups in total. The maximum atomic E-state index is 5.30. The third-order valence-corrected chi connectivity index (χ3v) is 5.21. The first-order valence-corrected chi connectivity index (χ1v) is 10.1. The van der Waals surface area contributed by atoms with E-state index < -0.39 is 0 Å². The quantitative estimate of drug-likeness (QED) is 0.422. The van der Waals surface area contributed by atoms with Crippen molar-refractivity contribution < 1.29 is 9.47 Å². The van der Waals surface area contributed by atoms with Crippen LogP contribution in [0.25, 0.3) is 28.4 Å². The van der Waals surface area contributed by atoms with Crippen LogP contribution < -0.4 is 14.8 Å². The molecule has 0 bridgehead atoms. The minimum Gasteiger partial charge on any atom is -0.481 e. The van der Waals surface area contributed by atoms with Crippen molar-refractivity contribution in [3.05, 3.63) is 54.7 Å². The maximum Gasteiger partial charge on any atom is 0.218 e. The summed E-state index contributed by atoms with van der Waals surface area (Å²) in [6.07, 6.45) is 6.90. The fraction of sp³-hybridized carbons (Fsp3) is 0.182. The average Bonchev–Trinajstić information content (AvgIpc) is 3.42. The Morgan fingerprint density at radius 1 is 1.00 bits per heavy atom. The van der Waals surface area contributed by atoms with Crippen LogP contribution in [0.3, 0.4) is 0 Å². The fourth-order valence-electron chi connectivity index (χ4n) is 3.57. The normalized spacial score (nSPS) is 11.0. The van der Waals surface area contributed by atoms with E-state index in [2.05, 4.69) is 25.3 Å². The second-order valence-corrected chi connectivity index (χ2v) is 7.24. The molecule has 5 aromatic rings. The van der Waals surface area contributed by atoms with Crippen molar-refractivity contribution in [2.24, 2.45) is 7.05 Å². The zero-order valence-electron chi connectivity index (χ0n) is 18.5. The summed E-state index contributed by atoms with van der Waals surface area (Å²) < 4.78 is 14.2. The van der Waals surface area contributed by atoms with Crippen molar-refractivity contribution in [1.82, 2.24) is 39.1 Å². The van der Waals surface area contributed by atoms with Gasteiger partial charge in [-0.15, -0.1) is 5.10 Å². The van der Waals surface area contributed by atoms with Crippen molar-refractivity contribution >= 4 is 17.2 Å². The number of rotatable bonds is 6. The van der Waals surface area contributed by atoms with Crippen LogP contribution in [0.1, 0.15) is 5.56 Å². The van der Waals surface area contributed by atoms with Gasteiger partial charge in [-0.1, -0.05) is 6.07 Å². The number of aromatic nitrogens is 8. The molecule has 0 amide bonds. The molecule has 0 aliphatic heterocycles. The molecule has 0 aromatic carbocycles. The Balaban J connectivity index is 1.71. The fourth-order valence-corrected chi connectivity index (χ4v) is 3.57. The molecular weight excluding hydrogens is 422 g/mol. The van der Waals surface area contributed by atoms with Gasteiger partial charge in [0.05, 0.1) is 19.9 Å². The number of nitrogens with zero attached hydrogens (tertiary/aromatic N) is 8. The molecule has 0 aliphatic carbocycles. The molecule has 5 heterocycles. The summed E-state index contributed by atoms with van der Waals surface area (Å²) in [5.41, 5.74) is 3.41. The minimum atomic E-state index is 0.440. The van der Waals surface area contributed by atoms with Crippen molar-refractivity contribution in [1.29, 1.82) is 0 Å². The van der Waals surface area contributed by atoms with E-state index in [1.807, 2.05) is 49.1 Å². The van der Waals surface area contributed by atoms with Gasteiger partial charge in [0.25, 0.3) is 0 Å². The minimum absolute atomic E-state index is 0.440. The SMILES string of the molecule is COc1cc(Nc2nc(-c3nccn3C)nn3cc(-c4cccc(OC)n4)c(C)c23)ncn1. The number of pyridine rings is 1. The van der Waals surface area contributed by atoms with Gasteiger partial charge in [0.2, 0.25) is 17.6 Å². The molecule has 0 saturated carbocycles. The number of nitrogens with one attached hydrogen (secondary N) is 1. The molecular formula is C22H21N9O2. The molecule has 0 spiro atoms. The summed E-state index contributed by atoms with van der Waals surface area (Å²) >= 11 is 0. The van der Waals surface area contributed by atoms with Gasteiger partial charge in [-0.3, -0.25) is 0 Å². The van der Waals surface area contributed by atoms with E-state index >= 15 is 0 Å². The maximum absolute atomic E-state index is 5.30. The van der Waals surface area contributed by atoms with Crippen LogP contribution in [0.4, 0.5) is 11.6 Å². The number of aryl methyl sites for hydroxylation is 2. The topological polar surface area (TPSA) is 117 Å². The third-order valence-electron chi connectivity index (χ3n) is 5.21. The van der Waals surface area contributed by atoms with Gasteiger partial charge in [0, 0.05) is 43.3 Å². The van der Waals surface area contributed by atoms with Gasteiger partial charge in [0.15, 0.2) is 11.6 Å². The van der Waals surface area contributed by atoms with Gasteiger partial charge >= 0.3 is 0 Å². The molecule has 0 fully saturated rings. The standard InChI is InChI=1S/C22H21N9O2/c1-13-14(15-6-5-7-17(26-15)32-3)11-31-19(13)20(27-16-10-18(33-4)25-12-24-16)28-21(29-31)22-23-8-9-30(22)2/h5-12H,1-4H3,(H,24,25,27,28,29). The van der Waals surface area contributed by atoms with E-state index in [-0.39, 0.29) is 0 Å². The van der Waals surface area contributed by atoms with Crippen molar-refractivity contribution in [3.63, 3.8) is 0 Å². The zero-order chi connectivity index (χ0) is 22.9. The van der Waals surface area contributed by atoms with Crippen molar-refractivity contribution in [2.75, 3.05) is 19.5 Å². The molecule has 5 rings (SSSR count). The number of imidazole rings is 1. The number of hydrogen-bond donors (Lipinski definition) is 1. The summed E-state index contributed by atoms with van der Waals surface area (Å²) in [6, 6.07) is 7.34. The predicted octanol–water partition coefficient (Wildman–Crippen LogP) is 3.05. The largest absolute Gasteiger partial charge is 0.481 e. The van der Waals surface area contributed by atoms with E-state index in [9.17, 15) is 0 Å². The molecule has 0 atom stereocenters. The summed E-state index contributed by atoms with van der Waals surface area (Å²) in [7, 11) is 5.04. The number of anilines is 2. The molecule has 11 nitrogen and oxygen atoms in total. The zero-order valence-corrected chi connectivity index (χ0v) is 18.5.